The molecule has 5 heteroatoms. The lowest BCUT2D eigenvalue weighted by atomic mass is 10.1. The van der Waals surface area contributed by atoms with Gasteiger partial charge in [0.15, 0.2) is 0 Å². The standard InChI is InChI=1S/C18H25NO4/c1-22-17-10-14(12-20)19(11-17)18(21)13-5-4-8-16(9-13)23-15-6-2-3-7-15/h4-5,8-9,14-15,17,20H,2-3,6-7,10-12H2,1H3/t14-,17+/m0/s1. The zero-order valence-electron chi connectivity index (χ0n) is 13.6. The first-order valence-corrected chi connectivity index (χ1v) is 8.42. The van der Waals surface area contributed by atoms with Crippen LogP contribution in [0.25, 0.3) is 0 Å². The zero-order chi connectivity index (χ0) is 16.2. The van der Waals surface area contributed by atoms with Gasteiger partial charge in [0.25, 0.3) is 5.91 Å². The van der Waals surface area contributed by atoms with E-state index in [0.29, 0.717) is 18.5 Å². The Morgan fingerprint density at radius 2 is 2.09 bits per heavy atom. The Balaban J connectivity index is 1.71. The molecule has 1 aliphatic heterocycles. The highest BCUT2D eigenvalue weighted by Gasteiger charge is 2.35. The number of likely N-dealkylation sites (tertiary alicyclic amines) is 1. The lowest BCUT2D eigenvalue weighted by molar-refractivity contribution is 0.0647. The molecule has 1 aromatic rings. The topological polar surface area (TPSA) is 59.0 Å². The molecule has 1 aromatic carbocycles. The molecule has 23 heavy (non-hydrogen) atoms. The monoisotopic (exact) mass is 319 g/mol. The molecule has 0 unspecified atom stereocenters. The molecule has 0 radical (unpaired) electrons. The van der Waals surface area contributed by atoms with Crippen molar-refractivity contribution in [3.8, 4) is 5.75 Å². The number of carbonyl (C=O) groups is 1. The molecule has 2 fully saturated rings. The fraction of sp³-hybridized carbons (Fsp3) is 0.611. The number of amides is 1. The van der Waals surface area contributed by atoms with Crippen molar-refractivity contribution in [2.45, 2.75) is 50.4 Å². The summed E-state index contributed by atoms with van der Waals surface area (Å²) in [4.78, 5) is 14.5. The number of methoxy groups -OCH3 is 1. The van der Waals surface area contributed by atoms with Gasteiger partial charge in [-0.2, -0.15) is 0 Å². The van der Waals surface area contributed by atoms with Crippen molar-refractivity contribution in [2.24, 2.45) is 0 Å². The smallest absolute Gasteiger partial charge is 0.254 e. The quantitative estimate of drug-likeness (QED) is 0.904. The van der Waals surface area contributed by atoms with E-state index in [-0.39, 0.29) is 30.8 Å². The summed E-state index contributed by atoms with van der Waals surface area (Å²) >= 11 is 0. The second-order valence-electron chi connectivity index (χ2n) is 6.44. The van der Waals surface area contributed by atoms with Crippen LogP contribution in [0.5, 0.6) is 5.75 Å². The van der Waals surface area contributed by atoms with Gasteiger partial charge in [0.1, 0.15) is 5.75 Å². The third kappa shape index (κ3) is 3.67. The largest absolute Gasteiger partial charge is 0.490 e. The molecule has 0 aromatic heterocycles. The van der Waals surface area contributed by atoms with Gasteiger partial charge in [-0.25, -0.2) is 0 Å². The highest BCUT2D eigenvalue weighted by atomic mass is 16.5. The number of carbonyl (C=O) groups excluding carboxylic acids is 1. The third-order valence-electron chi connectivity index (χ3n) is 4.87. The van der Waals surface area contributed by atoms with Crippen LogP contribution in [-0.2, 0) is 4.74 Å². The van der Waals surface area contributed by atoms with Crippen LogP contribution in [-0.4, -0.2) is 54.4 Å². The minimum atomic E-state index is -0.174. The van der Waals surface area contributed by atoms with Crippen molar-refractivity contribution in [3.05, 3.63) is 29.8 Å². The second-order valence-corrected chi connectivity index (χ2v) is 6.44. The fourth-order valence-electron chi connectivity index (χ4n) is 3.53. The van der Waals surface area contributed by atoms with E-state index in [1.54, 1.807) is 18.1 Å². The van der Waals surface area contributed by atoms with E-state index < -0.39 is 0 Å². The van der Waals surface area contributed by atoms with Gasteiger partial charge in [-0.1, -0.05) is 6.07 Å². The molecule has 1 amide bonds. The molecule has 1 saturated heterocycles. The van der Waals surface area contributed by atoms with Gasteiger partial charge in [-0.05, 0) is 50.3 Å². The average Bonchev–Trinajstić information content (AvgIpc) is 3.23. The Bertz CT molecular complexity index is 542. The molecule has 2 atom stereocenters. The molecule has 0 bridgehead atoms. The van der Waals surface area contributed by atoms with Crippen molar-refractivity contribution in [3.63, 3.8) is 0 Å². The van der Waals surface area contributed by atoms with Crippen LogP contribution in [0.15, 0.2) is 24.3 Å². The molecule has 1 aliphatic carbocycles. The predicted molar refractivity (Wildman–Crippen MR) is 86.7 cm³/mol. The molecule has 3 rings (SSSR count). The van der Waals surface area contributed by atoms with Gasteiger partial charge in [0.05, 0.1) is 24.9 Å². The maximum absolute atomic E-state index is 12.8. The Labute approximate surface area is 137 Å². The van der Waals surface area contributed by atoms with E-state index in [9.17, 15) is 9.90 Å². The maximum Gasteiger partial charge on any atom is 0.254 e. The first kappa shape index (κ1) is 16.3. The van der Waals surface area contributed by atoms with Crippen molar-refractivity contribution in [1.82, 2.24) is 4.90 Å². The Hall–Kier alpha value is -1.59. The number of hydrogen-bond acceptors (Lipinski definition) is 4. The summed E-state index contributed by atoms with van der Waals surface area (Å²) in [5.41, 5.74) is 0.607. The fourth-order valence-corrected chi connectivity index (χ4v) is 3.53. The number of nitrogens with zero attached hydrogens (tertiary/aromatic N) is 1. The van der Waals surface area contributed by atoms with Gasteiger partial charge in [-0.15, -0.1) is 0 Å². The van der Waals surface area contributed by atoms with E-state index in [4.69, 9.17) is 9.47 Å². The summed E-state index contributed by atoms with van der Waals surface area (Å²) in [7, 11) is 1.64. The Kier molecular flexibility index (Phi) is 5.18. The highest BCUT2D eigenvalue weighted by Crippen LogP contribution is 2.26. The van der Waals surface area contributed by atoms with Crippen LogP contribution in [0.2, 0.25) is 0 Å². The molecular formula is C18H25NO4. The number of aliphatic hydroxyl groups is 1. The second kappa shape index (κ2) is 7.32. The van der Waals surface area contributed by atoms with Crippen LogP contribution in [0, 0.1) is 0 Å². The summed E-state index contributed by atoms with van der Waals surface area (Å²) in [6.07, 6.45) is 5.56. The average molecular weight is 319 g/mol. The van der Waals surface area contributed by atoms with Crippen molar-refractivity contribution >= 4 is 5.91 Å². The van der Waals surface area contributed by atoms with Gasteiger partial charge < -0.3 is 19.5 Å². The van der Waals surface area contributed by atoms with Crippen LogP contribution in [0.4, 0.5) is 0 Å². The van der Waals surface area contributed by atoms with Crippen molar-refractivity contribution in [1.29, 1.82) is 0 Å². The first-order valence-electron chi connectivity index (χ1n) is 8.42. The summed E-state index contributed by atoms with van der Waals surface area (Å²) in [5, 5.41) is 9.52. The SMILES string of the molecule is CO[C@@H]1C[C@@H](CO)N(C(=O)c2cccc(OC3CCCC3)c2)C1. The third-order valence-corrected chi connectivity index (χ3v) is 4.87. The molecule has 0 spiro atoms. The van der Waals surface area contributed by atoms with Crippen LogP contribution >= 0.6 is 0 Å². The molecule has 1 N–H and O–H groups in total. The van der Waals surface area contributed by atoms with Crippen LogP contribution < -0.4 is 4.74 Å². The number of ether oxygens (including phenoxy) is 2. The summed E-state index contributed by atoms with van der Waals surface area (Å²) in [6, 6.07) is 7.20. The van der Waals surface area contributed by atoms with E-state index >= 15 is 0 Å². The molecule has 126 valence electrons. The number of rotatable bonds is 5. The lowest BCUT2D eigenvalue weighted by Crippen LogP contribution is -2.38. The minimum Gasteiger partial charge on any atom is -0.490 e. The van der Waals surface area contributed by atoms with Gasteiger partial charge in [0, 0.05) is 19.2 Å². The van der Waals surface area contributed by atoms with E-state index in [2.05, 4.69) is 0 Å². The van der Waals surface area contributed by atoms with Crippen LogP contribution in [0.1, 0.15) is 42.5 Å². The summed E-state index contributed by atoms with van der Waals surface area (Å²) in [6.45, 7) is 0.484. The molecule has 2 aliphatic rings. The Morgan fingerprint density at radius 3 is 2.78 bits per heavy atom. The van der Waals surface area contributed by atoms with Gasteiger partial charge in [0.2, 0.25) is 0 Å². The maximum atomic E-state index is 12.8. The normalized spacial score (nSPS) is 25.0. The number of aliphatic hydroxyl groups excluding tert-OH is 1. The number of hydrogen-bond donors (Lipinski definition) is 1. The molecule has 1 saturated carbocycles. The molecule has 1 heterocycles. The summed E-state index contributed by atoms with van der Waals surface area (Å²) < 4.78 is 11.3. The predicted octanol–water partition coefficient (Wildman–Crippen LogP) is 2.23. The van der Waals surface area contributed by atoms with Crippen LogP contribution in [0.3, 0.4) is 0 Å². The van der Waals surface area contributed by atoms with E-state index in [0.717, 1.165) is 18.6 Å². The van der Waals surface area contributed by atoms with Crippen molar-refractivity contribution < 1.29 is 19.4 Å². The first-order chi connectivity index (χ1) is 11.2. The van der Waals surface area contributed by atoms with E-state index in [1.165, 1.54) is 12.8 Å². The summed E-state index contributed by atoms with van der Waals surface area (Å²) in [5.74, 6) is 0.686. The molecular weight excluding hydrogens is 294 g/mol. The van der Waals surface area contributed by atoms with Gasteiger partial charge >= 0.3 is 0 Å². The minimum absolute atomic E-state index is 0.00554. The number of benzene rings is 1. The highest BCUT2D eigenvalue weighted by molar-refractivity contribution is 5.95. The Morgan fingerprint density at radius 1 is 1.30 bits per heavy atom. The zero-order valence-corrected chi connectivity index (χ0v) is 13.6. The van der Waals surface area contributed by atoms with E-state index in [1.807, 2.05) is 18.2 Å². The lowest BCUT2D eigenvalue weighted by Gasteiger charge is -2.23. The van der Waals surface area contributed by atoms with Crippen molar-refractivity contribution in [2.75, 3.05) is 20.3 Å². The molecule has 5 nitrogen and oxygen atoms in total. The van der Waals surface area contributed by atoms with Gasteiger partial charge in [-0.3, -0.25) is 4.79 Å².